The SMILES string of the molecule is c1ccc(CSc2cncc(N3CCC(N4CCCC4)CC3)n2)cc1. The number of thioether (sulfide) groups is 1. The number of rotatable bonds is 5. The molecule has 0 N–H and O–H groups in total. The van der Waals surface area contributed by atoms with Crippen LogP contribution in [0.1, 0.15) is 31.2 Å². The lowest BCUT2D eigenvalue weighted by Crippen LogP contribution is -2.44. The van der Waals surface area contributed by atoms with Gasteiger partial charge in [-0.25, -0.2) is 4.98 Å². The second-order valence-electron chi connectivity index (χ2n) is 6.95. The van der Waals surface area contributed by atoms with Gasteiger partial charge >= 0.3 is 0 Å². The highest BCUT2D eigenvalue weighted by atomic mass is 32.2. The van der Waals surface area contributed by atoms with Gasteiger partial charge in [0, 0.05) is 24.9 Å². The Morgan fingerprint density at radius 2 is 1.72 bits per heavy atom. The molecular weight excluding hydrogens is 328 g/mol. The standard InChI is InChI=1S/C20H26N4S/c1-2-6-17(7-3-1)16-25-20-15-21-14-19(22-20)24-12-8-18(9-13-24)23-10-4-5-11-23/h1-3,6-7,14-15,18H,4-5,8-13,16H2. The van der Waals surface area contributed by atoms with E-state index in [0.717, 1.165) is 35.7 Å². The molecular formula is C20H26N4S. The van der Waals surface area contributed by atoms with Crippen LogP contribution in [-0.4, -0.2) is 47.1 Å². The second-order valence-corrected chi connectivity index (χ2v) is 7.95. The molecule has 0 radical (unpaired) electrons. The maximum atomic E-state index is 4.85. The minimum atomic E-state index is 0.780. The molecule has 0 spiro atoms. The summed E-state index contributed by atoms with van der Waals surface area (Å²) in [5.41, 5.74) is 1.33. The molecule has 3 heterocycles. The topological polar surface area (TPSA) is 32.3 Å². The summed E-state index contributed by atoms with van der Waals surface area (Å²) in [6.45, 7) is 4.80. The van der Waals surface area contributed by atoms with Gasteiger partial charge in [-0.15, -0.1) is 11.8 Å². The van der Waals surface area contributed by atoms with Crippen molar-refractivity contribution in [1.29, 1.82) is 0 Å². The van der Waals surface area contributed by atoms with Gasteiger partial charge in [0.25, 0.3) is 0 Å². The van der Waals surface area contributed by atoms with Crippen molar-refractivity contribution in [3.8, 4) is 0 Å². The van der Waals surface area contributed by atoms with Gasteiger partial charge in [0.1, 0.15) is 10.8 Å². The normalized spacial score (nSPS) is 19.4. The highest BCUT2D eigenvalue weighted by molar-refractivity contribution is 7.98. The Morgan fingerprint density at radius 3 is 2.48 bits per heavy atom. The summed E-state index contributed by atoms with van der Waals surface area (Å²) in [5, 5.41) is 1.02. The first-order valence-corrected chi connectivity index (χ1v) is 10.3. The van der Waals surface area contributed by atoms with Gasteiger partial charge in [-0.2, -0.15) is 0 Å². The Kier molecular flexibility index (Phi) is 5.52. The monoisotopic (exact) mass is 354 g/mol. The lowest BCUT2D eigenvalue weighted by atomic mass is 10.0. The summed E-state index contributed by atoms with van der Waals surface area (Å²) in [6.07, 6.45) is 9.07. The maximum absolute atomic E-state index is 4.85. The van der Waals surface area contributed by atoms with Gasteiger partial charge in [-0.1, -0.05) is 30.3 Å². The summed E-state index contributed by atoms with van der Waals surface area (Å²) in [7, 11) is 0. The van der Waals surface area contributed by atoms with Crippen LogP contribution in [0.15, 0.2) is 47.8 Å². The minimum Gasteiger partial charge on any atom is -0.355 e. The van der Waals surface area contributed by atoms with E-state index in [9.17, 15) is 0 Å². The van der Waals surface area contributed by atoms with Gasteiger partial charge < -0.3 is 9.80 Å². The third-order valence-electron chi connectivity index (χ3n) is 5.27. The molecule has 25 heavy (non-hydrogen) atoms. The molecule has 2 aliphatic heterocycles. The van der Waals surface area contributed by atoms with Gasteiger partial charge in [-0.05, 0) is 44.3 Å². The van der Waals surface area contributed by atoms with Gasteiger partial charge in [-0.3, -0.25) is 4.98 Å². The number of benzene rings is 1. The van der Waals surface area contributed by atoms with Crippen molar-refractivity contribution >= 4 is 17.6 Å². The Hall–Kier alpha value is -1.59. The molecule has 2 fully saturated rings. The third-order valence-corrected chi connectivity index (χ3v) is 6.24. The van der Waals surface area contributed by atoms with E-state index in [0.29, 0.717) is 0 Å². The number of likely N-dealkylation sites (tertiary alicyclic amines) is 1. The van der Waals surface area contributed by atoms with Crippen LogP contribution in [-0.2, 0) is 5.75 Å². The Labute approximate surface area is 154 Å². The van der Waals surface area contributed by atoms with Crippen molar-refractivity contribution in [3.05, 3.63) is 48.3 Å². The van der Waals surface area contributed by atoms with E-state index in [-0.39, 0.29) is 0 Å². The van der Waals surface area contributed by atoms with E-state index >= 15 is 0 Å². The van der Waals surface area contributed by atoms with Crippen LogP contribution >= 0.6 is 11.8 Å². The molecule has 0 aliphatic carbocycles. The van der Waals surface area contributed by atoms with Crippen molar-refractivity contribution in [2.24, 2.45) is 0 Å². The van der Waals surface area contributed by atoms with Crippen molar-refractivity contribution in [1.82, 2.24) is 14.9 Å². The Morgan fingerprint density at radius 1 is 0.960 bits per heavy atom. The molecule has 0 atom stereocenters. The fourth-order valence-electron chi connectivity index (χ4n) is 3.86. The molecule has 1 aromatic heterocycles. The van der Waals surface area contributed by atoms with Crippen LogP contribution in [0.5, 0.6) is 0 Å². The van der Waals surface area contributed by atoms with Crippen LogP contribution in [0.4, 0.5) is 5.82 Å². The second kappa shape index (κ2) is 8.19. The summed E-state index contributed by atoms with van der Waals surface area (Å²) in [5.74, 6) is 1.98. The predicted molar refractivity (Wildman–Crippen MR) is 104 cm³/mol. The van der Waals surface area contributed by atoms with Gasteiger partial charge in [0.2, 0.25) is 0 Å². The first-order valence-electron chi connectivity index (χ1n) is 9.36. The first-order chi connectivity index (χ1) is 12.4. The molecule has 0 bridgehead atoms. The van der Waals surface area contributed by atoms with E-state index in [1.165, 1.54) is 44.3 Å². The lowest BCUT2D eigenvalue weighted by Gasteiger charge is -2.37. The lowest BCUT2D eigenvalue weighted by molar-refractivity contribution is 0.207. The quantitative estimate of drug-likeness (QED) is 0.762. The molecule has 0 unspecified atom stereocenters. The van der Waals surface area contributed by atoms with E-state index in [1.807, 2.05) is 12.4 Å². The smallest absolute Gasteiger partial charge is 0.148 e. The molecule has 2 aromatic rings. The zero-order chi connectivity index (χ0) is 16.9. The highest BCUT2D eigenvalue weighted by Crippen LogP contribution is 2.26. The molecule has 2 saturated heterocycles. The van der Waals surface area contributed by atoms with Crippen LogP contribution in [0.3, 0.4) is 0 Å². The van der Waals surface area contributed by atoms with Gasteiger partial charge in [0.15, 0.2) is 0 Å². The fraction of sp³-hybridized carbons (Fsp3) is 0.500. The average molecular weight is 355 g/mol. The summed E-state index contributed by atoms with van der Waals surface area (Å²) >= 11 is 1.76. The number of anilines is 1. The Balaban J connectivity index is 1.33. The van der Waals surface area contributed by atoms with Crippen LogP contribution in [0.25, 0.3) is 0 Å². The molecule has 0 amide bonds. The summed E-state index contributed by atoms with van der Waals surface area (Å²) in [4.78, 5) is 14.4. The van der Waals surface area contributed by atoms with Crippen molar-refractivity contribution in [2.45, 2.75) is 42.5 Å². The first kappa shape index (κ1) is 16.9. The maximum Gasteiger partial charge on any atom is 0.148 e. The van der Waals surface area contributed by atoms with Crippen molar-refractivity contribution in [2.75, 3.05) is 31.1 Å². The van der Waals surface area contributed by atoms with Crippen LogP contribution in [0.2, 0.25) is 0 Å². The molecule has 1 aromatic carbocycles. The summed E-state index contributed by atoms with van der Waals surface area (Å²) in [6, 6.07) is 11.3. The third kappa shape index (κ3) is 4.33. The molecule has 2 aliphatic rings. The number of hydrogen-bond acceptors (Lipinski definition) is 5. The Bertz CT molecular complexity index is 664. The largest absolute Gasteiger partial charge is 0.355 e. The number of aromatic nitrogens is 2. The molecule has 4 rings (SSSR count). The molecule has 0 saturated carbocycles. The zero-order valence-electron chi connectivity index (χ0n) is 14.7. The number of piperidine rings is 1. The number of hydrogen-bond donors (Lipinski definition) is 0. The van der Waals surface area contributed by atoms with E-state index in [4.69, 9.17) is 4.98 Å². The fourth-order valence-corrected chi connectivity index (χ4v) is 4.66. The van der Waals surface area contributed by atoms with E-state index in [2.05, 4.69) is 45.1 Å². The minimum absolute atomic E-state index is 0.780. The van der Waals surface area contributed by atoms with E-state index in [1.54, 1.807) is 11.8 Å². The summed E-state index contributed by atoms with van der Waals surface area (Å²) < 4.78 is 0. The van der Waals surface area contributed by atoms with Crippen LogP contribution in [0, 0.1) is 0 Å². The van der Waals surface area contributed by atoms with Crippen molar-refractivity contribution < 1.29 is 0 Å². The average Bonchev–Trinajstić information content (AvgIpc) is 3.22. The molecule has 4 nitrogen and oxygen atoms in total. The van der Waals surface area contributed by atoms with E-state index < -0.39 is 0 Å². The number of nitrogens with zero attached hydrogens (tertiary/aromatic N) is 4. The molecule has 5 heteroatoms. The highest BCUT2D eigenvalue weighted by Gasteiger charge is 2.26. The predicted octanol–water partition coefficient (Wildman–Crippen LogP) is 3.83. The van der Waals surface area contributed by atoms with Gasteiger partial charge in [0.05, 0.1) is 12.4 Å². The molecule has 132 valence electrons. The van der Waals surface area contributed by atoms with Crippen LogP contribution < -0.4 is 4.90 Å². The van der Waals surface area contributed by atoms with Crippen molar-refractivity contribution in [3.63, 3.8) is 0 Å². The zero-order valence-corrected chi connectivity index (χ0v) is 15.5.